The van der Waals surface area contributed by atoms with E-state index >= 15 is 0 Å². The molecule has 0 aromatic rings. The van der Waals surface area contributed by atoms with Crippen molar-refractivity contribution in [3.05, 3.63) is 0 Å². The third-order valence-corrected chi connectivity index (χ3v) is 5.39. The first kappa shape index (κ1) is 14.9. The van der Waals surface area contributed by atoms with Gasteiger partial charge in [0, 0.05) is 0 Å². The van der Waals surface area contributed by atoms with E-state index in [-0.39, 0.29) is 0 Å². The molecule has 0 unspecified atom stereocenters. The quantitative estimate of drug-likeness (QED) is 0.631. The lowest BCUT2D eigenvalue weighted by molar-refractivity contribution is 0.552. The van der Waals surface area contributed by atoms with Crippen molar-refractivity contribution in [3.63, 3.8) is 0 Å². The lowest BCUT2D eigenvalue weighted by Gasteiger charge is -2.18. The first-order valence-corrected chi connectivity index (χ1v) is 7.69. The van der Waals surface area contributed by atoms with Gasteiger partial charge in [-0.2, -0.15) is 0 Å². The van der Waals surface area contributed by atoms with Gasteiger partial charge in [-0.25, -0.2) is 8.42 Å². The van der Waals surface area contributed by atoms with Crippen LogP contribution in [0.3, 0.4) is 0 Å². The summed E-state index contributed by atoms with van der Waals surface area (Å²) in [5, 5.41) is 0. The lowest BCUT2D eigenvalue weighted by Crippen LogP contribution is -2.30. The largest absolute Gasteiger partial charge is 0.228 e. The predicted octanol–water partition coefficient (Wildman–Crippen LogP) is 3.56. The van der Waals surface area contributed by atoms with Gasteiger partial charge in [-0.1, -0.05) is 39.0 Å². The number of unbranched alkanes of at least 4 members (excludes halogenated alkanes) is 5. The maximum absolute atomic E-state index is 11.7. The van der Waals surface area contributed by atoms with Crippen molar-refractivity contribution < 1.29 is 8.42 Å². The van der Waals surface area contributed by atoms with Crippen LogP contribution in [0.5, 0.6) is 0 Å². The topological polar surface area (TPSA) is 34.1 Å². The maximum Gasteiger partial charge on any atom is 0.155 e. The molecule has 0 atom stereocenters. The molecule has 0 aliphatic heterocycles. The molecule has 0 radical (unpaired) electrons. The Morgan fingerprint density at radius 3 is 1.80 bits per heavy atom. The van der Waals surface area contributed by atoms with Gasteiger partial charge in [-0.3, -0.25) is 0 Å². The summed E-state index contributed by atoms with van der Waals surface area (Å²) in [5.41, 5.74) is 0. The second kappa shape index (κ2) is 6.51. The van der Waals surface area contributed by atoms with Gasteiger partial charge in [0.15, 0.2) is 9.84 Å². The second-order valence-electron chi connectivity index (χ2n) is 5.20. The van der Waals surface area contributed by atoms with Crippen LogP contribution in [0.15, 0.2) is 0 Å². The molecule has 0 aliphatic rings. The molecule has 0 amide bonds. The first-order chi connectivity index (χ1) is 6.81. The van der Waals surface area contributed by atoms with Crippen LogP contribution in [-0.4, -0.2) is 18.9 Å². The minimum absolute atomic E-state index is 0.350. The van der Waals surface area contributed by atoms with Crippen LogP contribution in [0.25, 0.3) is 0 Å². The standard InChI is InChI=1S/C12H26O2S/c1-5-6-7-8-9-10-11-15(13,14)12(2,3)4/h5-11H2,1-4H3. The summed E-state index contributed by atoms with van der Waals surface area (Å²) in [7, 11) is -2.89. The smallest absolute Gasteiger partial charge is 0.155 e. The van der Waals surface area contributed by atoms with Gasteiger partial charge in [0.1, 0.15) is 0 Å². The van der Waals surface area contributed by atoms with Crippen LogP contribution in [0.2, 0.25) is 0 Å². The molecule has 0 saturated heterocycles. The Hall–Kier alpha value is -0.0500. The van der Waals surface area contributed by atoms with Gasteiger partial charge >= 0.3 is 0 Å². The van der Waals surface area contributed by atoms with Crippen LogP contribution < -0.4 is 0 Å². The van der Waals surface area contributed by atoms with Crippen LogP contribution in [0.1, 0.15) is 66.2 Å². The Morgan fingerprint density at radius 2 is 1.33 bits per heavy atom. The Morgan fingerprint density at radius 1 is 0.867 bits per heavy atom. The molecule has 0 fully saturated rings. The van der Waals surface area contributed by atoms with Gasteiger partial charge in [0.25, 0.3) is 0 Å². The molecule has 3 heteroatoms. The number of sulfone groups is 1. The van der Waals surface area contributed by atoms with E-state index in [4.69, 9.17) is 0 Å². The normalized spacial score (nSPS) is 13.1. The highest BCUT2D eigenvalue weighted by atomic mass is 32.2. The minimum Gasteiger partial charge on any atom is -0.228 e. The third-order valence-electron chi connectivity index (χ3n) is 2.70. The zero-order valence-corrected chi connectivity index (χ0v) is 11.5. The van der Waals surface area contributed by atoms with Crippen molar-refractivity contribution in [2.45, 2.75) is 71.0 Å². The second-order valence-corrected chi connectivity index (χ2v) is 8.06. The van der Waals surface area contributed by atoms with Crippen LogP contribution in [-0.2, 0) is 9.84 Å². The van der Waals surface area contributed by atoms with Crippen LogP contribution >= 0.6 is 0 Å². The molecule has 0 saturated carbocycles. The molecule has 0 aliphatic carbocycles. The summed E-state index contributed by atoms with van der Waals surface area (Å²) < 4.78 is 22.9. The average molecular weight is 234 g/mol. The highest BCUT2D eigenvalue weighted by Crippen LogP contribution is 2.18. The molecular weight excluding hydrogens is 208 g/mol. The molecule has 0 aromatic heterocycles. The number of rotatable bonds is 7. The third kappa shape index (κ3) is 6.18. The van der Waals surface area contributed by atoms with E-state index < -0.39 is 14.6 Å². The Labute approximate surface area is 95.4 Å². The van der Waals surface area contributed by atoms with E-state index in [1.807, 2.05) is 0 Å². The van der Waals surface area contributed by atoms with E-state index in [0.717, 1.165) is 12.8 Å². The van der Waals surface area contributed by atoms with Crippen LogP contribution in [0, 0.1) is 0 Å². The first-order valence-electron chi connectivity index (χ1n) is 6.03. The van der Waals surface area contributed by atoms with E-state index in [1.54, 1.807) is 20.8 Å². The van der Waals surface area contributed by atoms with Crippen molar-refractivity contribution in [3.8, 4) is 0 Å². The fraction of sp³-hybridized carbons (Fsp3) is 1.00. The molecule has 0 bridgehead atoms. The SMILES string of the molecule is CCCCCCCCS(=O)(=O)C(C)(C)C. The summed E-state index contributed by atoms with van der Waals surface area (Å²) in [4.78, 5) is 0. The van der Waals surface area contributed by atoms with E-state index in [0.29, 0.717) is 5.75 Å². The maximum atomic E-state index is 11.7. The van der Waals surface area contributed by atoms with Crippen molar-refractivity contribution in [2.24, 2.45) is 0 Å². The molecular formula is C12H26O2S. The number of hydrogen-bond donors (Lipinski definition) is 0. The lowest BCUT2D eigenvalue weighted by atomic mass is 10.1. The Kier molecular flexibility index (Phi) is 6.49. The molecule has 0 rings (SSSR count). The summed E-state index contributed by atoms with van der Waals surface area (Å²) in [5.74, 6) is 0.350. The van der Waals surface area contributed by atoms with Crippen LogP contribution in [0.4, 0.5) is 0 Å². The molecule has 0 aromatic carbocycles. The van der Waals surface area contributed by atoms with Crippen molar-refractivity contribution in [1.29, 1.82) is 0 Å². The molecule has 15 heavy (non-hydrogen) atoms. The fourth-order valence-corrected chi connectivity index (χ4v) is 2.58. The molecule has 0 heterocycles. The van der Waals surface area contributed by atoms with E-state index in [9.17, 15) is 8.42 Å². The van der Waals surface area contributed by atoms with Gasteiger partial charge in [0.05, 0.1) is 10.5 Å². The Balaban J connectivity index is 3.69. The summed E-state index contributed by atoms with van der Waals surface area (Å²) in [6.07, 6.45) is 6.80. The summed E-state index contributed by atoms with van der Waals surface area (Å²) in [6.45, 7) is 7.52. The fourth-order valence-electron chi connectivity index (χ4n) is 1.38. The molecule has 0 spiro atoms. The minimum atomic E-state index is -2.89. The van der Waals surface area contributed by atoms with E-state index in [2.05, 4.69) is 6.92 Å². The highest BCUT2D eigenvalue weighted by molar-refractivity contribution is 7.92. The molecule has 0 N–H and O–H groups in total. The number of hydrogen-bond acceptors (Lipinski definition) is 2. The van der Waals surface area contributed by atoms with Gasteiger partial charge in [-0.15, -0.1) is 0 Å². The zero-order chi connectivity index (χ0) is 11.9. The summed E-state index contributed by atoms with van der Waals surface area (Å²) >= 11 is 0. The zero-order valence-electron chi connectivity index (χ0n) is 10.7. The van der Waals surface area contributed by atoms with Gasteiger partial charge < -0.3 is 0 Å². The Bertz CT molecular complexity index is 247. The van der Waals surface area contributed by atoms with Gasteiger partial charge in [-0.05, 0) is 27.2 Å². The highest BCUT2D eigenvalue weighted by Gasteiger charge is 2.27. The van der Waals surface area contributed by atoms with Crippen molar-refractivity contribution in [1.82, 2.24) is 0 Å². The van der Waals surface area contributed by atoms with Crippen molar-refractivity contribution in [2.75, 3.05) is 5.75 Å². The van der Waals surface area contributed by atoms with Gasteiger partial charge in [0.2, 0.25) is 0 Å². The molecule has 92 valence electrons. The summed E-state index contributed by atoms with van der Waals surface area (Å²) in [6, 6.07) is 0. The predicted molar refractivity (Wildman–Crippen MR) is 66.9 cm³/mol. The average Bonchev–Trinajstić information content (AvgIpc) is 2.09. The monoisotopic (exact) mass is 234 g/mol. The van der Waals surface area contributed by atoms with Crippen molar-refractivity contribution >= 4 is 9.84 Å². The molecule has 2 nitrogen and oxygen atoms in total. The van der Waals surface area contributed by atoms with E-state index in [1.165, 1.54) is 25.7 Å².